The summed E-state index contributed by atoms with van der Waals surface area (Å²) in [5.41, 5.74) is -0.313. The number of hydrogen-bond donors (Lipinski definition) is 1. The van der Waals surface area contributed by atoms with Crippen LogP contribution in [0.4, 0.5) is 8.78 Å². The summed E-state index contributed by atoms with van der Waals surface area (Å²) in [7, 11) is 2.82. The van der Waals surface area contributed by atoms with E-state index in [0.29, 0.717) is 0 Å². The molecule has 1 aliphatic carbocycles. The summed E-state index contributed by atoms with van der Waals surface area (Å²) in [5.74, 6) is -3.64. The van der Waals surface area contributed by atoms with Gasteiger partial charge in [-0.1, -0.05) is 42.3 Å². The number of benzene rings is 2. The van der Waals surface area contributed by atoms with Gasteiger partial charge in [-0.2, -0.15) is 0 Å². The molecular weight excluding hydrogens is 448 g/mol. The lowest BCUT2D eigenvalue weighted by atomic mass is 9.60. The Kier molecular flexibility index (Phi) is 6.82. The van der Waals surface area contributed by atoms with Crippen molar-refractivity contribution in [1.82, 2.24) is 4.31 Å². The zero-order chi connectivity index (χ0) is 23.8. The largest absolute Gasteiger partial charge is 0.481 e. The quantitative estimate of drug-likeness (QED) is 0.423. The lowest BCUT2D eigenvalue weighted by Gasteiger charge is -2.51. The van der Waals surface area contributed by atoms with Crippen LogP contribution in [0.1, 0.15) is 54.5 Å². The fourth-order valence-corrected chi connectivity index (χ4v) is 6.26. The maximum Gasteiger partial charge on any atom is 0.314 e. The molecule has 178 valence electrons. The molecule has 1 N–H and O–H groups in total. The predicted octanol–water partition coefficient (Wildman–Crippen LogP) is 5.44. The van der Waals surface area contributed by atoms with E-state index < -0.39 is 28.8 Å². The number of aliphatic carboxylic acids is 1. The van der Waals surface area contributed by atoms with E-state index in [0.717, 1.165) is 25.0 Å². The molecule has 5 nitrogen and oxygen atoms in total. The summed E-state index contributed by atoms with van der Waals surface area (Å²) < 4.78 is 43.1. The Balaban J connectivity index is 1.57. The van der Waals surface area contributed by atoms with Gasteiger partial charge in [0, 0.05) is 56.0 Å². The minimum Gasteiger partial charge on any atom is -0.481 e. The Morgan fingerprint density at radius 2 is 1.79 bits per heavy atom. The zero-order valence-electron chi connectivity index (χ0n) is 19.0. The van der Waals surface area contributed by atoms with Crippen LogP contribution in [0.2, 0.25) is 0 Å². The molecule has 2 aliphatic rings. The van der Waals surface area contributed by atoms with Crippen molar-refractivity contribution in [2.24, 2.45) is 0 Å². The Bertz CT molecular complexity index is 1010. The predicted molar refractivity (Wildman–Crippen MR) is 123 cm³/mol. The lowest BCUT2D eigenvalue weighted by molar-refractivity contribution is -0.278. The molecule has 0 bridgehead atoms. The van der Waals surface area contributed by atoms with Gasteiger partial charge in [-0.15, -0.1) is 0 Å². The first-order valence-electron chi connectivity index (χ1n) is 11.0. The average Bonchev–Trinajstić information content (AvgIpc) is 2.78. The summed E-state index contributed by atoms with van der Waals surface area (Å²) in [4.78, 5) is 12.1. The molecule has 1 saturated carbocycles. The summed E-state index contributed by atoms with van der Waals surface area (Å²) >= 11 is 1.66. The van der Waals surface area contributed by atoms with Crippen molar-refractivity contribution in [2.75, 3.05) is 14.2 Å². The molecule has 0 spiro atoms. The van der Waals surface area contributed by atoms with E-state index in [-0.39, 0.29) is 41.8 Å². The molecule has 0 aromatic heterocycles. The normalized spacial score (nSPS) is 24.3. The van der Waals surface area contributed by atoms with Crippen LogP contribution in [-0.2, 0) is 26.2 Å². The molecule has 2 fully saturated rings. The van der Waals surface area contributed by atoms with Crippen LogP contribution < -0.4 is 0 Å². The first kappa shape index (κ1) is 24.1. The first-order valence-corrected chi connectivity index (χ1v) is 11.9. The molecule has 4 rings (SSSR count). The van der Waals surface area contributed by atoms with Gasteiger partial charge in [-0.25, -0.2) is 13.1 Å². The maximum absolute atomic E-state index is 15.2. The Hall–Kier alpha value is -2.00. The molecule has 2 aromatic carbocycles. The Morgan fingerprint density at radius 1 is 1.12 bits per heavy atom. The van der Waals surface area contributed by atoms with E-state index in [9.17, 15) is 9.90 Å². The smallest absolute Gasteiger partial charge is 0.314 e. The van der Waals surface area contributed by atoms with Gasteiger partial charge in [0.2, 0.25) is 0 Å². The van der Waals surface area contributed by atoms with E-state index in [1.54, 1.807) is 11.9 Å². The Morgan fingerprint density at radius 3 is 2.39 bits per heavy atom. The molecule has 2 aromatic rings. The number of rotatable bonds is 7. The number of ether oxygens (including phenoxy) is 2. The lowest BCUT2D eigenvalue weighted by Crippen LogP contribution is -2.61. The molecule has 1 saturated heterocycles. The molecule has 0 amide bonds. The summed E-state index contributed by atoms with van der Waals surface area (Å²) in [6, 6.07) is 12.6. The minimum atomic E-state index is -1.58. The van der Waals surface area contributed by atoms with Crippen molar-refractivity contribution in [3.63, 3.8) is 0 Å². The van der Waals surface area contributed by atoms with Crippen molar-refractivity contribution >= 4 is 17.9 Å². The number of nitrogens with zero attached hydrogens (tertiary/aromatic N) is 1. The van der Waals surface area contributed by atoms with Crippen molar-refractivity contribution in [1.29, 1.82) is 0 Å². The van der Waals surface area contributed by atoms with Gasteiger partial charge in [0.05, 0.1) is 0 Å². The van der Waals surface area contributed by atoms with E-state index in [2.05, 4.69) is 23.4 Å². The highest BCUT2D eigenvalue weighted by atomic mass is 32.2. The van der Waals surface area contributed by atoms with E-state index >= 15 is 8.78 Å². The number of carbonyl (C=O) groups is 1. The number of hydrogen-bond acceptors (Lipinski definition) is 5. The molecule has 1 unspecified atom stereocenters. The molecule has 1 aliphatic heterocycles. The van der Waals surface area contributed by atoms with Gasteiger partial charge in [0.25, 0.3) is 0 Å². The molecule has 1 heterocycles. The van der Waals surface area contributed by atoms with Gasteiger partial charge in [0.1, 0.15) is 17.0 Å². The maximum atomic E-state index is 15.2. The third-order valence-electron chi connectivity index (χ3n) is 7.05. The van der Waals surface area contributed by atoms with Crippen molar-refractivity contribution < 1.29 is 28.2 Å². The van der Waals surface area contributed by atoms with Crippen LogP contribution in [0, 0.1) is 11.6 Å². The monoisotopic (exact) mass is 477 g/mol. The fourth-order valence-electron chi connectivity index (χ4n) is 4.89. The standard InChI is InChI=1S/C25H29F2NO4S/c1-16-9-10-22(17-7-5-4-6-8-17)33-28(16)13-18-11-21(27)19(12-20(18)26)24(23(29)30)14-25(15-24,31-2)32-3/h4-8,11-12,16,22H,9-10,13-15H2,1-3H3,(H,29,30)/t16-,22?/m0/s1. The number of carboxylic acid groups (broad SMARTS) is 1. The van der Waals surface area contributed by atoms with Gasteiger partial charge >= 0.3 is 5.97 Å². The van der Waals surface area contributed by atoms with Gasteiger partial charge in [0.15, 0.2) is 5.79 Å². The van der Waals surface area contributed by atoms with Crippen LogP contribution in [0.15, 0.2) is 42.5 Å². The molecule has 8 heteroatoms. The SMILES string of the molecule is COC1(OC)CC(C(=O)O)(c2cc(F)c(CN3SC(c4ccccc4)CC[C@@H]3C)cc2F)C1. The fraction of sp³-hybridized carbons (Fsp3) is 0.480. The third-order valence-corrected chi connectivity index (χ3v) is 8.57. The summed E-state index contributed by atoms with van der Waals surface area (Å²) in [5, 5.41) is 10.1. The van der Waals surface area contributed by atoms with Gasteiger partial charge < -0.3 is 14.6 Å². The van der Waals surface area contributed by atoms with Gasteiger partial charge in [-0.3, -0.25) is 4.79 Å². The van der Waals surface area contributed by atoms with Crippen molar-refractivity contribution in [3.05, 3.63) is 70.8 Å². The minimum absolute atomic E-state index is 0.0875. The van der Waals surface area contributed by atoms with Crippen LogP contribution in [0.5, 0.6) is 0 Å². The van der Waals surface area contributed by atoms with Crippen LogP contribution in [0.25, 0.3) is 0 Å². The van der Waals surface area contributed by atoms with Crippen molar-refractivity contribution in [3.8, 4) is 0 Å². The zero-order valence-corrected chi connectivity index (χ0v) is 19.8. The molecule has 2 atom stereocenters. The van der Waals surface area contributed by atoms with Crippen LogP contribution >= 0.6 is 11.9 Å². The average molecular weight is 478 g/mol. The second kappa shape index (κ2) is 9.33. The summed E-state index contributed by atoms with van der Waals surface area (Å²) in [6.45, 7) is 2.32. The first-order chi connectivity index (χ1) is 15.7. The number of carboxylic acids is 1. The number of methoxy groups -OCH3 is 2. The van der Waals surface area contributed by atoms with E-state index in [1.165, 1.54) is 19.8 Å². The van der Waals surface area contributed by atoms with Crippen LogP contribution in [0.3, 0.4) is 0 Å². The van der Waals surface area contributed by atoms with E-state index in [1.807, 2.05) is 18.2 Å². The van der Waals surface area contributed by atoms with Gasteiger partial charge in [-0.05, 0) is 37.5 Å². The van der Waals surface area contributed by atoms with Crippen molar-refractivity contribution in [2.45, 2.75) is 61.6 Å². The highest BCUT2D eigenvalue weighted by molar-refractivity contribution is 7.97. The summed E-state index contributed by atoms with van der Waals surface area (Å²) in [6.07, 6.45) is 1.79. The van der Waals surface area contributed by atoms with Crippen LogP contribution in [-0.4, -0.2) is 41.4 Å². The second-order valence-electron chi connectivity index (χ2n) is 8.99. The second-order valence-corrected chi connectivity index (χ2v) is 10.2. The molecule has 33 heavy (non-hydrogen) atoms. The topological polar surface area (TPSA) is 59.0 Å². The highest BCUT2D eigenvalue weighted by Crippen LogP contribution is 2.53. The number of halogens is 2. The molecular formula is C25H29F2NO4S. The highest BCUT2D eigenvalue weighted by Gasteiger charge is 2.62. The molecule has 0 radical (unpaired) electrons. The Labute approximate surface area is 197 Å². The third kappa shape index (κ3) is 4.41. The van der Waals surface area contributed by atoms with E-state index in [4.69, 9.17) is 9.47 Å².